The Kier molecular flexibility index (Phi) is 6.43. The number of nitrogens with one attached hydrogen (secondary N) is 1. The summed E-state index contributed by atoms with van der Waals surface area (Å²) in [6, 6.07) is 18.4. The van der Waals surface area contributed by atoms with E-state index in [0.717, 1.165) is 16.8 Å². The molecular weight excluding hydrogens is 374 g/mol. The molecule has 1 N–H and O–H groups in total. The number of halogens is 1. The van der Waals surface area contributed by atoms with E-state index in [-0.39, 0.29) is 0 Å². The number of pyridine rings is 1. The number of aromatic nitrogens is 1. The van der Waals surface area contributed by atoms with Gasteiger partial charge >= 0.3 is 0 Å². The lowest BCUT2D eigenvalue weighted by Gasteiger charge is -2.26. The Morgan fingerprint density at radius 3 is 2.19 bits per heavy atom. The van der Waals surface area contributed by atoms with Gasteiger partial charge in [-0.25, -0.2) is 0 Å². The predicted octanol–water partition coefficient (Wildman–Crippen LogP) is 5.75. The molecule has 0 aliphatic rings. The fraction of sp³-hybridized carbons (Fsp3) is 0.182. The molecular formula is C22H22ClN3S. The van der Waals surface area contributed by atoms with Gasteiger partial charge in [-0.15, -0.1) is 0 Å². The first-order valence-electron chi connectivity index (χ1n) is 8.78. The molecule has 27 heavy (non-hydrogen) atoms. The monoisotopic (exact) mass is 395 g/mol. The highest BCUT2D eigenvalue weighted by Crippen LogP contribution is 2.24. The van der Waals surface area contributed by atoms with Crippen molar-refractivity contribution in [2.45, 2.75) is 26.9 Å². The van der Waals surface area contributed by atoms with E-state index in [2.05, 4.69) is 46.4 Å². The molecule has 0 bridgehead atoms. The largest absolute Gasteiger partial charge is 0.340 e. The van der Waals surface area contributed by atoms with Crippen LogP contribution < -0.4 is 5.32 Å². The maximum atomic E-state index is 6.33. The van der Waals surface area contributed by atoms with Gasteiger partial charge in [-0.05, 0) is 67.0 Å². The van der Waals surface area contributed by atoms with Gasteiger partial charge in [-0.2, -0.15) is 0 Å². The molecule has 2 aromatic carbocycles. The highest BCUT2D eigenvalue weighted by Gasteiger charge is 2.13. The normalized spacial score (nSPS) is 10.5. The van der Waals surface area contributed by atoms with Crippen LogP contribution in [0.3, 0.4) is 0 Å². The fourth-order valence-corrected chi connectivity index (χ4v) is 3.15. The number of hydrogen-bond acceptors (Lipinski definition) is 2. The molecule has 1 aromatic heterocycles. The second-order valence-corrected chi connectivity index (χ2v) is 7.40. The summed E-state index contributed by atoms with van der Waals surface area (Å²) in [6.07, 6.45) is 3.60. The molecule has 0 aliphatic heterocycles. The average Bonchev–Trinajstić information content (AvgIpc) is 2.66. The summed E-state index contributed by atoms with van der Waals surface area (Å²) in [7, 11) is 0. The summed E-state index contributed by atoms with van der Waals surface area (Å²) in [5.41, 5.74) is 5.55. The molecule has 0 saturated carbocycles. The van der Waals surface area contributed by atoms with E-state index in [0.29, 0.717) is 23.2 Å². The van der Waals surface area contributed by atoms with E-state index in [9.17, 15) is 0 Å². The van der Waals surface area contributed by atoms with Gasteiger partial charge in [0.05, 0.1) is 10.7 Å². The fourth-order valence-electron chi connectivity index (χ4n) is 2.75. The quantitative estimate of drug-likeness (QED) is 0.556. The van der Waals surface area contributed by atoms with Crippen molar-refractivity contribution in [1.29, 1.82) is 0 Å². The van der Waals surface area contributed by atoms with Crippen molar-refractivity contribution in [3.63, 3.8) is 0 Å². The Hall–Kier alpha value is -2.43. The van der Waals surface area contributed by atoms with Gasteiger partial charge in [-0.3, -0.25) is 4.98 Å². The summed E-state index contributed by atoms with van der Waals surface area (Å²) >= 11 is 12.1. The summed E-state index contributed by atoms with van der Waals surface area (Å²) in [4.78, 5) is 6.23. The summed E-state index contributed by atoms with van der Waals surface area (Å²) in [5, 5.41) is 4.61. The predicted molar refractivity (Wildman–Crippen MR) is 117 cm³/mol. The van der Waals surface area contributed by atoms with Gasteiger partial charge in [0.1, 0.15) is 0 Å². The Bertz CT molecular complexity index is 911. The number of thiocarbonyl (C=S) groups is 1. The van der Waals surface area contributed by atoms with E-state index in [1.807, 2.05) is 37.3 Å². The minimum Gasteiger partial charge on any atom is -0.340 e. The van der Waals surface area contributed by atoms with Gasteiger partial charge in [0.15, 0.2) is 5.11 Å². The van der Waals surface area contributed by atoms with Crippen molar-refractivity contribution in [3.05, 3.63) is 94.3 Å². The zero-order valence-corrected chi connectivity index (χ0v) is 17.0. The standard InChI is InChI=1S/C22H22ClN3S/c1-16-3-6-18(7-4-16)14-26(15-19-9-11-24-12-10-19)22(27)25-21-13-17(2)5-8-20(21)23/h3-13H,14-15H2,1-2H3,(H,25,27). The molecule has 5 heteroatoms. The summed E-state index contributed by atoms with van der Waals surface area (Å²) in [5.74, 6) is 0. The molecule has 1 heterocycles. The molecule has 138 valence electrons. The van der Waals surface area contributed by atoms with Crippen molar-refractivity contribution in [2.75, 3.05) is 5.32 Å². The minimum absolute atomic E-state index is 0.639. The van der Waals surface area contributed by atoms with Crippen molar-refractivity contribution < 1.29 is 0 Å². The van der Waals surface area contributed by atoms with Crippen molar-refractivity contribution in [1.82, 2.24) is 9.88 Å². The van der Waals surface area contributed by atoms with Crippen molar-refractivity contribution >= 4 is 34.6 Å². The molecule has 0 fully saturated rings. The van der Waals surface area contributed by atoms with Crippen LogP contribution in [0.4, 0.5) is 5.69 Å². The van der Waals surface area contributed by atoms with Gasteiger partial charge in [0, 0.05) is 25.5 Å². The summed E-state index contributed by atoms with van der Waals surface area (Å²) < 4.78 is 0. The molecule has 3 nitrogen and oxygen atoms in total. The average molecular weight is 396 g/mol. The number of benzene rings is 2. The first-order valence-corrected chi connectivity index (χ1v) is 9.56. The zero-order valence-electron chi connectivity index (χ0n) is 15.4. The van der Waals surface area contributed by atoms with Crippen LogP contribution in [0.2, 0.25) is 5.02 Å². The Morgan fingerprint density at radius 1 is 0.926 bits per heavy atom. The molecule has 0 amide bonds. The number of anilines is 1. The second kappa shape index (κ2) is 8.98. The maximum absolute atomic E-state index is 6.33. The van der Waals surface area contributed by atoms with Crippen LogP contribution in [0.5, 0.6) is 0 Å². The van der Waals surface area contributed by atoms with Gasteiger partial charge in [0.2, 0.25) is 0 Å². The number of nitrogens with zero attached hydrogens (tertiary/aromatic N) is 2. The molecule has 3 aromatic rings. The number of rotatable bonds is 5. The Labute approximate surface area is 171 Å². The molecule has 0 radical (unpaired) electrons. The Balaban J connectivity index is 1.82. The number of hydrogen-bond donors (Lipinski definition) is 1. The van der Waals surface area contributed by atoms with E-state index < -0.39 is 0 Å². The van der Waals surface area contributed by atoms with Gasteiger partial charge < -0.3 is 10.2 Å². The molecule has 0 aliphatic carbocycles. The molecule has 3 rings (SSSR count). The third-order valence-corrected chi connectivity index (χ3v) is 4.96. The van der Waals surface area contributed by atoms with Crippen molar-refractivity contribution in [2.24, 2.45) is 0 Å². The smallest absolute Gasteiger partial charge is 0.174 e. The molecule has 0 atom stereocenters. The lowest BCUT2D eigenvalue weighted by molar-refractivity contribution is 0.412. The van der Waals surface area contributed by atoms with Crippen molar-refractivity contribution in [3.8, 4) is 0 Å². The third kappa shape index (κ3) is 5.52. The lowest BCUT2D eigenvalue weighted by Crippen LogP contribution is -2.34. The highest BCUT2D eigenvalue weighted by atomic mass is 35.5. The topological polar surface area (TPSA) is 28.2 Å². The SMILES string of the molecule is Cc1ccc(CN(Cc2ccncc2)C(=S)Nc2cc(C)ccc2Cl)cc1. The van der Waals surface area contributed by atoms with Crippen LogP contribution >= 0.6 is 23.8 Å². The first-order chi connectivity index (χ1) is 13.0. The van der Waals surface area contributed by atoms with E-state index in [1.165, 1.54) is 11.1 Å². The molecule has 0 saturated heterocycles. The van der Waals surface area contributed by atoms with Crippen LogP contribution in [-0.2, 0) is 13.1 Å². The number of aryl methyl sites for hydroxylation is 2. The van der Waals surface area contributed by atoms with E-state index >= 15 is 0 Å². The van der Waals surface area contributed by atoms with E-state index in [4.69, 9.17) is 23.8 Å². The first kappa shape index (κ1) is 19.3. The van der Waals surface area contributed by atoms with Crippen LogP contribution in [0.25, 0.3) is 0 Å². The minimum atomic E-state index is 0.639. The zero-order chi connectivity index (χ0) is 19.2. The van der Waals surface area contributed by atoms with Gasteiger partial charge in [-0.1, -0.05) is 47.5 Å². The molecule has 0 unspecified atom stereocenters. The van der Waals surface area contributed by atoms with Crippen LogP contribution in [0, 0.1) is 13.8 Å². The van der Waals surface area contributed by atoms with Crippen LogP contribution in [-0.4, -0.2) is 15.0 Å². The third-order valence-electron chi connectivity index (χ3n) is 4.27. The maximum Gasteiger partial charge on any atom is 0.174 e. The second-order valence-electron chi connectivity index (χ2n) is 6.61. The lowest BCUT2D eigenvalue weighted by atomic mass is 10.1. The van der Waals surface area contributed by atoms with Crippen LogP contribution in [0.15, 0.2) is 67.0 Å². The summed E-state index contributed by atoms with van der Waals surface area (Å²) in [6.45, 7) is 5.51. The van der Waals surface area contributed by atoms with Gasteiger partial charge in [0.25, 0.3) is 0 Å². The van der Waals surface area contributed by atoms with E-state index in [1.54, 1.807) is 12.4 Å². The van der Waals surface area contributed by atoms with Crippen LogP contribution in [0.1, 0.15) is 22.3 Å². The Morgan fingerprint density at radius 2 is 1.52 bits per heavy atom. The molecule has 0 spiro atoms. The highest BCUT2D eigenvalue weighted by molar-refractivity contribution is 7.80.